The van der Waals surface area contributed by atoms with Gasteiger partial charge in [0.05, 0.1) is 0 Å². The van der Waals surface area contributed by atoms with Crippen molar-refractivity contribution in [2.75, 3.05) is 21.1 Å². The van der Waals surface area contributed by atoms with Crippen LogP contribution in [0, 0.1) is 0 Å². The maximum absolute atomic E-state index is 11.1. The largest absolute Gasteiger partial charge is 0.412 e. The van der Waals surface area contributed by atoms with Crippen molar-refractivity contribution < 1.29 is 9.53 Å². The highest BCUT2D eigenvalue weighted by atomic mass is 16.5. The van der Waals surface area contributed by atoms with Crippen LogP contribution in [0.2, 0.25) is 0 Å². The van der Waals surface area contributed by atoms with Crippen LogP contribution in [0.3, 0.4) is 0 Å². The molecule has 0 aliphatic heterocycles. The van der Waals surface area contributed by atoms with Crippen LogP contribution in [0.4, 0.5) is 4.79 Å². The number of nitrogens with zero attached hydrogens (tertiary/aromatic N) is 1. The van der Waals surface area contributed by atoms with Crippen molar-refractivity contribution in [3.8, 4) is 5.75 Å². The van der Waals surface area contributed by atoms with Crippen molar-refractivity contribution in [2.45, 2.75) is 25.8 Å². The predicted octanol–water partition coefficient (Wildman–Crippen LogP) is 2.29. The van der Waals surface area contributed by atoms with Gasteiger partial charge in [-0.25, -0.2) is 4.79 Å². The molecule has 100 valence electrons. The predicted molar refractivity (Wildman–Crippen MR) is 73.0 cm³/mol. The van der Waals surface area contributed by atoms with Gasteiger partial charge in [-0.2, -0.15) is 0 Å². The molecule has 0 aliphatic rings. The number of rotatable bonds is 5. The molecule has 4 nitrogen and oxygen atoms in total. The Morgan fingerprint density at radius 1 is 1.44 bits per heavy atom. The van der Waals surface area contributed by atoms with E-state index in [9.17, 15) is 4.79 Å². The smallest absolute Gasteiger partial charge is 0.410 e. The van der Waals surface area contributed by atoms with Gasteiger partial charge in [0.1, 0.15) is 5.75 Å². The van der Waals surface area contributed by atoms with Crippen molar-refractivity contribution in [1.82, 2.24) is 10.2 Å². The summed E-state index contributed by atoms with van der Waals surface area (Å²) in [5.74, 6) is 0.587. The summed E-state index contributed by atoms with van der Waals surface area (Å²) in [4.78, 5) is 13.3. The Kier molecular flexibility index (Phi) is 5.65. The van der Waals surface area contributed by atoms with Gasteiger partial charge in [0.25, 0.3) is 0 Å². The number of carbonyl (C=O) groups is 1. The number of aryl methyl sites for hydroxylation is 1. The number of ether oxygens (including phenoxy) is 1. The molecule has 0 saturated carbocycles. The van der Waals surface area contributed by atoms with E-state index in [1.165, 1.54) is 5.56 Å². The van der Waals surface area contributed by atoms with Crippen LogP contribution in [0.25, 0.3) is 0 Å². The zero-order valence-electron chi connectivity index (χ0n) is 11.6. The SMILES string of the molecule is CNC(=O)Oc1cccc(CCC(C)N(C)C)c1. The minimum Gasteiger partial charge on any atom is -0.410 e. The Morgan fingerprint density at radius 2 is 2.17 bits per heavy atom. The highest BCUT2D eigenvalue weighted by Gasteiger charge is 2.06. The second kappa shape index (κ2) is 7.01. The molecular weight excluding hydrogens is 228 g/mol. The van der Waals surface area contributed by atoms with Crippen LogP contribution in [-0.4, -0.2) is 38.2 Å². The fourth-order valence-electron chi connectivity index (χ4n) is 1.56. The van der Waals surface area contributed by atoms with E-state index in [0.717, 1.165) is 12.8 Å². The zero-order chi connectivity index (χ0) is 13.5. The molecule has 0 heterocycles. The molecule has 1 atom stereocenters. The highest BCUT2D eigenvalue weighted by Crippen LogP contribution is 2.16. The molecule has 1 rings (SSSR count). The van der Waals surface area contributed by atoms with Gasteiger partial charge in [-0.1, -0.05) is 12.1 Å². The third-order valence-corrected chi connectivity index (χ3v) is 3.05. The van der Waals surface area contributed by atoms with Crippen molar-refractivity contribution in [3.63, 3.8) is 0 Å². The first-order chi connectivity index (χ1) is 8.52. The maximum Gasteiger partial charge on any atom is 0.412 e. The van der Waals surface area contributed by atoms with E-state index >= 15 is 0 Å². The van der Waals surface area contributed by atoms with E-state index in [4.69, 9.17) is 4.74 Å². The average molecular weight is 250 g/mol. The molecule has 18 heavy (non-hydrogen) atoms. The molecule has 1 amide bonds. The van der Waals surface area contributed by atoms with Crippen molar-refractivity contribution in [1.29, 1.82) is 0 Å². The summed E-state index contributed by atoms with van der Waals surface area (Å²) in [7, 11) is 5.70. The van der Waals surface area contributed by atoms with Crippen LogP contribution < -0.4 is 10.1 Å². The molecular formula is C14H22N2O2. The highest BCUT2D eigenvalue weighted by molar-refractivity contribution is 5.69. The molecule has 0 bridgehead atoms. The Bertz CT molecular complexity index is 391. The quantitative estimate of drug-likeness (QED) is 0.871. The van der Waals surface area contributed by atoms with E-state index in [0.29, 0.717) is 11.8 Å². The van der Waals surface area contributed by atoms with Gasteiger partial charge >= 0.3 is 6.09 Å². The number of hydrogen-bond donors (Lipinski definition) is 1. The van der Waals surface area contributed by atoms with Crippen LogP contribution in [0.15, 0.2) is 24.3 Å². The first kappa shape index (κ1) is 14.5. The monoisotopic (exact) mass is 250 g/mol. The van der Waals surface area contributed by atoms with E-state index in [1.54, 1.807) is 13.1 Å². The minimum atomic E-state index is -0.436. The average Bonchev–Trinajstić information content (AvgIpc) is 2.36. The standard InChI is InChI=1S/C14H22N2O2/c1-11(16(3)4)8-9-12-6-5-7-13(10-12)18-14(17)15-2/h5-7,10-11H,8-9H2,1-4H3,(H,15,17). The van der Waals surface area contributed by atoms with Gasteiger partial charge in [-0.05, 0) is 51.6 Å². The Balaban J connectivity index is 2.57. The van der Waals surface area contributed by atoms with Gasteiger partial charge in [0, 0.05) is 13.1 Å². The molecule has 1 N–H and O–H groups in total. The van der Waals surface area contributed by atoms with E-state index in [2.05, 4.69) is 37.3 Å². The number of benzene rings is 1. The number of nitrogens with one attached hydrogen (secondary N) is 1. The molecule has 0 fully saturated rings. The maximum atomic E-state index is 11.1. The lowest BCUT2D eigenvalue weighted by molar-refractivity contribution is 0.203. The molecule has 0 aliphatic carbocycles. The van der Waals surface area contributed by atoms with Gasteiger partial charge < -0.3 is 15.0 Å². The number of amides is 1. The van der Waals surface area contributed by atoms with Gasteiger partial charge in [0.15, 0.2) is 0 Å². The van der Waals surface area contributed by atoms with Crippen molar-refractivity contribution in [2.24, 2.45) is 0 Å². The van der Waals surface area contributed by atoms with E-state index in [-0.39, 0.29) is 0 Å². The fraction of sp³-hybridized carbons (Fsp3) is 0.500. The van der Waals surface area contributed by atoms with E-state index < -0.39 is 6.09 Å². The molecule has 1 aromatic carbocycles. The molecule has 0 radical (unpaired) electrons. The second-order valence-electron chi connectivity index (χ2n) is 4.64. The number of hydrogen-bond acceptors (Lipinski definition) is 3. The summed E-state index contributed by atoms with van der Waals surface area (Å²) in [6.07, 6.45) is 1.62. The summed E-state index contributed by atoms with van der Waals surface area (Å²) < 4.78 is 5.10. The lowest BCUT2D eigenvalue weighted by Gasteiger charge is -2.19. The molecule has 0 saturated heterocycles. The molecule has 0 aromatic heterocycles. The Labute approximate surface area is 109 Å². The molecule has 1 aromatic rings. The fourth-order valence-corrected chi connectivity index (χ4v) is 1.56. The second-order valence-corrected chi connectivity index (χ2v) is 4.64. The van der Waals surface area contributed by atoms with Gasteiger partial charge in [0.2, 0.25) is 0 Å². The summed E-state index contributed by atoms with van der Waals surface area (Å²) >= 11 is 0. The summed E-state index contributed by atoms with van der Waals surface area (Å²) in [6, 6.07) is 8.20. The Hall–Kier alpha value is -1.55. The molecule has 1 unspecified atom stereocenters. The third-order valence-electron chi connectivity index (χ3n) is 3.05. The molecule has 0 spiro atoms. The first-order valence-corrected chi connectivity index (χ1v) is 6.18. The van der Waals surface area contributed by atoms with Crippen molar-refractivity contribution in [3.05, 3.63) is 29.8 Å². The van der Waals surface area contributed by atoms with Crippen LogP contribution in [-0.2, 0) is 6.42 Å². The van der Waals surface area contributed by atoms with Gasteiger partial charge in [-0.3, -0.25) is 0 Å². The third kappa shape index (κ3) is 4.75. The lowest BCUT2D eigenvalue weighted by Crippen LogP contribution is -2.25. The summed E-state index contributed by atoms with van der Waals surface area (Å²) in [5.41, 5.74) is 1.19. The topological polar surface area (TPSA) is 41.6 Å². The van der Waals surface area contributed by atoms with Crippen LogP contribution in [0.1, 0.15) is 18.9 Å². The summed E-state index contributed by atoms with van der Waals surface area (Å²) in [5, 5.41) is 2.43. The Morgan fingerprint density at radius 3 is 2.78 bits per heavy atom. The summed E-state index contributed by atoms with van der Waals surface area (Å²) in [6.45, 7) is 2.20. The minimum absolute atomic E-state index is 0.436. The van der Waals surface area contributed by atoms with Crippen LogP contribution >= 0.6 is 0 Å². The lowest BCUT2D eigenvalue weighted by atomic mass is 10.1. The van der Waals surface area contributed by atoms with Crippen molar-refractivity contribution >= 4 is 6.09 Å². The molecule has 4 heteroatoms. The van der Waals surface area contributed by atoms with Gasteiger partial charge in [-0.15, -0.1) is 0 Å². The zero-order valence-corrected chi connectivity index (χ0v) is 11.6. The van der Waals surface area contributed by atoms with Crippen LogP contribution in [0.5, 0.6) is 5.75 Å². The number of carbonyl (C=O) groups excluding carboxylic acids is 1. The van der Waals surface area contributed by atoms with E-state index in [1.807, 2.05) is 12.1 Å². The normalized spacial score (nSPS) is 12.3. The first-order valence-electron chi connectivity index (χ1n) is 6.18.